The van der Waals surface area contributed by atoms with Gasteiger partial charge in [0.2, 0.25) is 5.88 Å². The Bertz CT molecular complexity index is 984. The molecular formula is C25H30ClN3O2. The predicted molar refractivity (Wildman–Crippen MR) is 124 cm³/mol. The van der Waals surface area contributed by atoms with Gasteiger partial charge in [-0.25, -0.2) is 4.68 Å². The molecule has 1 saturated carbocycles. The van der Waals surface area contributed by atoms with Crippen LogP contribution in [0.15, 0.2) is 54.6 Å². The molecule has 0 aliphatic heterocycles. The maximum atomic E-state index is 10.4. The Kier molecular flexibility index (Phi) is 6.96. The Morgan fingerprint density at radius 3 is 2.52 bits per heavy atom. The summed E-state index contributed by atoms with van der Waals surface area (Å²) in [5.41, 5.74) is 3.01. The molecule has 0 amide bonds. The molecule has 5 nitrogen and oxygen atoms in total. The van der Waals surface area contributed by atoms with Gasteiger partial charge in [0.1, 0.15) is 11.4 Å². The summed E-state index contributed by atoms with van der Waals surface area (Å²) in [5.74, 6) is 2.16. The van der Waals surface area contributed by atoms with E-state index in [1.807, 2.05) is 56.4 Å². The van der Waals surface area contributed by atoms with E-state index in [2.05, 4.69) is 17.0 Å². The van der Waals surface area contributed by atoms with Gasteiger partial charge in [0.15, 0.2) is 0 Å². The Balaban J connectivity index is 1.70. The summed E-state index contributed by atoms with van der Waals surface area (Å²) in [4.78, 5) is 2.35. The molecule has 0 spiro atoms. The maximum absolute atomic E-state index is 10.4. The van der Waals surface area contributed by atoms with Gasteiger partial charge in [0.25, 0.3) is 0 Å². The van der Waals surface area contributed by atoms with E-state index in [1.165, 1.54) is 12.8 Å². The molecule has 0 radical (unpaired) electrons. The minimum atomic E-state index is -0.337. The lowest BCUT2D eigenvalue weighted by molar-refractivity contribution is 0.102. The maximum Gasteiger partial charge on any atom is 0.222 e. The molecule has 4 rings (SSSR count). The average Bonchev–Trinajstić information content (AvgIpc) is 3.54. The van der Waals surface area contributed by atoms with Gasteiger partial charge in [-0.05, 0) is 49.4 Å². The van der Waals surface area contributed by atoms with Crippen LogP contribution in [0.25, 0.3) is 11.3 Å². The van der Waals surface area contributed by atoms with Crippen LogP contribution in [-0.2, 0) is 13.6 Å². The van der Waals surface area contributed by atoms with Crippen LogP contribution in [0, 0.1) is 5.92 Å². The molecule has 0 saturated heterocycles. The number of hydrogen-bond donors (Lipinski definition) is 1. The molecule has 164 valence electrons. The second-order valence-corrected chi connectivity index (χ2v) is 8.81. The molecule has 1 N–H and O–H groups in total. The zero-order valence-electron chi connectivity index (χ0n) is 18.2. The molecule has 6 heteroatoms. The topological polar surface area (TPSA) is 50.5 Å². The van der Waals surface area contributed by atoms with E-state index < -0.39 is 0 Å². The number of ether oxygens (including phenoxy) is 1. The lowest BCUT2D eigenvalue weighted by Crippen LogP contribution is -2.33. The second kappa shape index (κ2) is 9.86. The van der Waals surface area contributed by atoms with Crippen molar-refractivity contribution in [3.63, 3.8) is 0 Å². The van der Waals surface area contributed by atoms with E-state index >= 15 is 0 Å². The Morgan fingerprint density at radius 2 is 1.87 bits per heavy atom. The first-order valence-electron chi connectivity index (χ1n) is 11.0. The van der Waals surface area contributed by atoms with Crippen molar-refractivity contribution in [1.29, 1.82) is 0 Å². The quantitative estimate of drug-likeness (QED) is 0.452. The van der Waals surface area contributed by atoms with E-state index in [9.17, 15) is 5.11 Å². The van der Waals surface area contributed by atoms with Crippen molar-refractivity contribution in [3.8, 4) is 22.9 Å². The molecule has 1 aliphatic rings. The van der Waals surface area contributed by atoms with Crippen LogP contribution in [0.3, 0.4) is 0 Å². The fourth-order valence-electron chi connectivity index (χ4n) is 3.78. The fraction of sp³-hybridized carbons (Fsp3) is 0.400. The standard InChI is InChI=1S/C25H30ClN3O2/c1-3-21(30)16-29(15-18-9-10-18)17-23-24(19-7-5-4-6-8-19)27-28(2)25(23)31-22-13-11-20(26)12-14-22/h4-8,11-14,18,21,30H,3,9-10,15-17H2,1-2H3. The van der Waals surface area contributed by atoms with Gasteiger partial charge in [0, 0.05) is 37.3 Å². The molecule has 31 heavy (non-hydrogen) atoms. The first kappa shape index (κ1) is 21.9. The molecule has 0 bridgehead atoms. The fourth-order valence-corrected chi connectivity index (χ4v) is 3.91. The third-order valence-electron chi connectivity index (χ3n) is 5.70. The van der Waals surface area contributed by atoms with Crippen LogP contribution in [0.1, 0.15) is 31.7 Å². The van der Waals surface area contributed by atoms with Crippen molar-refractivity contribution >= 4 is 11.6 Å². The van der Waals surface area contributed by atoms with Crippen molar-refractivity contribution in [2.45, 2.75) is 38.8 Å². The van der Waals surface area contributed by atoms with Crippen LogP contribution in [-0.4, -0.2) is 39.0 Å². The number of nitrogens with zero attached hydrogens (tertiary/aromatic N) is 3. The minimum Gasteiger partial charge on any atom is -0.439 e. The summed E-state index contributed by atoms with van der Waals surface area (Å²) >= 11 is 6.04. The van der Waals surface area contributed by atoms with E-state index in [-0.39, 0.29) is 6.10 Å². The van der Waals surface area contributed by atoms with E-state index in [0.717, 1.165) is 41.5 Å². The number of halogens is 1. The molecular weight excluding hydrogens is 410 g/mol. The Labute approximate surface area is 189 Å². The van der Waals surface area contributed by atoms with Crippen molar-refractivity contribution in [1.82, 2.24) is 14.7 Å². The summed E-state index contributed by atoms with van der Waals surface area (Å²) in [6.07, 6.45) is 2.95. The lowest BCUT2D eigenvalue weighted by Gasteiger charge is -2.25. The lowest BCUT2D eigenvalue weighted by atomic mass is 10.1. The average molecular weight is 440 g/mol. The Hall–Kier alpha value is -2.34. The van der Waals surface area contributed by atoms with Crippen LogP contribution < -0.4 is 4.74 Å². The summed E-state index contributed by atoms with van der Waals surface area (Å²) in [5, 5.41) is 15.8. The third-order valence-corrected chi connectivity index (χ3v) is 5.95. The number of aromatic nitrogens is 2. The number of rotatable bonds is 10. The van der Waals surface area contributed by atoms with E-state index in [1.54, 1.807) is 4.68 Å². The Morgan fingerprint density at radius 1 is 1.16 bits per heavy atom. The smallest absolute Gasteiger partial charge is 0.222 e. The van der Waals surface area contributed by atoms with Crippen LogP contribution in [0.2, 0.25) is 5.02 Å². The number of aryl methyl sites for hydroxylation is 1. The van der Waals surface area contributed by atoms with Crippen LogP contribution in [0.5, 0.6) is 11.6 Å². The first-order chi connectivity index (χ1) is 15.0. The number of hydrogen-bond acceptors (Lipinski definition) is 4. The molecule has 1 fully saturated rings. The summed E-state index contributed by atoms with van der Waals surface area (Å²) in [6, 6.07) is 17.6. The zero-order valence-corrected chi connectivity index (χ0v) is 18.9. The van der Waals surface area contributed by atoms with Gasteiger partial charge in [-0.3, -0.25) is 4.90 Å². The molecule has 1 aromatic heterocycles. The molecule has 3 aromatic rings. The molecule has 2 aromatic carbocycles. The highest BCUT2D eigenvalue weighted by molar-refractivity contribution is 6.30. The highest BCUT2D eigenvalue weighted by atomic mass is 35.5. The van der Waals surface area contributed by atoms with E-state index in [0.29, 0.717) is 24.0 Å². The highest BCUT2D eigenvalue weighted by Crippen LogP contribution is 2.36. The van der Waals surface area contributed by atoms with Gasteiger partial charge in [-0.1, -0.05) is 48.9 Å². The molecule has 1 atom stereocenters. The summed E-state index contributed by atoms with van der Waals surface area (Å²) in [7, 11) is 1.91. The number of aliphatic hydroxyl groups excluding tert-OH is 1. The number of aliphatic hydroxyl groups is 1. The summed E-state index contributed by atoms with van der Waals surface area (Å²) < 4.78 is 8.11. The monoisotopic (exact) mass is 439 g/mol. The first-order valence-corrected chi connectivity index (χ1v) is 11.4. The van der Waals surface area contributed by atoms with Gasteiger partial charge < -0.3 is 9.84 Å². The molecule has 1 unspecified atom stereocenters. The number of benzene rings is 2. The minimum absolute atomic E-state index is 0.337. The second-order valence-electron chi connectivity index (χ2n) is 8.38. The zero-order chi connectivity index (χ0) is 21.8. The van der Waals surface area contributed by atoms with Gasteiger partial charge >= 0.3 is 0 Å². The third kappa shape index (κ3) is 5.67. The molecule has 1 aliphatic carbocycles. The predicted octanol–water partition coefficient (Wildman–Crippen LogP) is 5.52. The normalized spacial score (nSPS) is 14.7. The van der Waals surface area contributed by atoms with Crippen LogP contribution in [0.4, 0.5) is 0 Å². The largest absolute Gasteiger partial charge is 0.439 e. The summed E-state index contributed by atoms with van der Waals surface area (Å²) in [6.45, 7) is 4.33. The highest BCUT2D eigenvalue weighted by Gasteiger charge is 2.28. The van der Waals surface area contributed by atoms with Gasteiger partial charge in [-0.15, -0.1) is 0 Å². The molecule has 1 heterocycles. The van der Waals surface area contributed by atoms with Crippen molar-refractivity contribution in [3.05, 3.63) is 65.2 Å². The van der Waals surface area contributed by atoms with Gasteiger partial charge in [0.05, 0.1) is 11.7 Å². The van der Waals surface area contributed by atoms with Crippen molar-refractivity contribution in [2.24, 2.45) is 13.0 Å². The van der Waals surface area contributed by atoms with Crippen molar-refractivity contribution < 1.29 is 9.84 Å². The van der Waals surface area contributed by atoms with Crippen LogP contribution >= 0.6 is 11.6 Å². The van der Waals surface area contributed by atoms with Gasteiger partial charge in [-0.2, -0.15) is 5.10 Å². The van der Waals surface area contributed by atoms with Crippen molar-refractivity contribution in [2.75, 3.05) is 13.1 Å². The SMILES string of the molecule is CCC(O)CN(Cc1c(-c2ccccc2)nn(C)c1Oc1ccc(Cl)cc1)CC1CC1. The van der Waals surface area contributed by atoms with E-state index in [4.69, 9.17) is 21.4 Å².